The number of hydrogen-bond acceptors (Lipinski definition) is 6. The van der Waals surface area contributed by atoms with E-state index in [1.165, 1.54) is 4.90 Å². The molecule has 0 bridgehead atoms. The molecular weight excluding hydrogens is 476 g/mol. The third-order valence-electron chi connectivity index (χ3n) is 5.87. The van der Waals surface area contributed by atoms with Crippen LogP contribution in [0.4, 0.5) is 4.79 Å². The highest BCUT2D eigenvalue weighted by Crippen LogP contribution is 2.33. The highest BCUT2D eigenvalue weighted by molar-refractivity contribution is 8.18. The first kappa shape index (κ1) is 25.3. The van der Waals surface area contributed by atoms with Crippen LogP contribution in [0.3, 0.4) is 0 Å². The predicted molar refractivity (Wildman–Crippen MR) is 141 cm³/mol. The van der Waals surface area contributed by atoms with Gasteiger partial charge in [0.25, 0.3) is 11.1 Å². The van der Waals surface area contributed by atoms with Crippen LogP contribution in [-0.2, 0) is 9.53 Å². The van der Waals surface area contributed by atoms with Crippen molar-refractivity contribution in [2.75, 3.05) is 19.8 Å². The van der Waals surface area contributed by atoms with Gasteiger partial charge in [0.1, 0.15) is 12.4 Å². The minimum absolute atomic E-state index is 0.182. The van der Waals surface area contributed by atoms with Gasteiger partial charge in [-0.1, -0.05) is 17.7 Å². The second-order valence-electron chi connectivity index (χ2n) is 8.42. The standard InChI is InChI=1S/C28H28N2O5S/c1-5-34-27(32)21-8-10-23(11-9-21)30-19(3)16-22(20(30)4)17-25-26(31)29(28(33)36-25)14-15-35-24-12-6-18(2)7-13-24/h6-13,16-17H,5,14-15H2,1-4H3/b25-17-. The summed E-state index contributed by atoms with van der Waals surface area (Å²) in [5.41, 5.74) is 5.25. The molecule has 186 valence electrons. The molecule has 1 aliphatic heterocycles. The van der Waals surface area contributed by atoms with Gasteiger partial charge in [-0.15, -0.1) is 0 Å². The van der Waals surface area contributed by atoms with Crippen LogP contribution in [-0.4, -0.2) is 46.3 Å². The van der Waals surface area contributed by atoms with E-state index in [0.717, 1.165) is 40.0 Å². The lowest BCUT2D eigenvalue weighted by molar-refractivity contribution is -0.123. The zero-order valence-corrected chi connectivity index (χ0v) is 21.6. The van der Waals surface area contributed by atoms with Crippen molar-refractivity contribution in [2.45, 2.75) is 27.7 Å². The van der Waals surface area contributed by atoms with E-state index in [9.17, 15) is 14.4 Å². The van der Waals surface area contributed by atoms with Crippen LogP contribution in [0.2, 0.25) is 0 Å². The molecule has 1 fully saturated rings. The van der Waals surface area contributed by atoms with Crippen LogP contribution >= 0.6 is 11.8 Å². The van der Waals surface area contributed by atoms with Gasteiger partial charge in [0.2, 0.25) is 0 Å². The molecule has 4 rings (SSSR count). The molecule has 1 aliphatic rings. The maximum atomic E-state index is 12.9. The number of thioether (sulfide) groups is 1. The third-order valence-corrected chi connectivity index (χ3v) is 6.78. The van der Waals surface area contributed by atoms with Gasteiger partial charge in [-0.3, -0.25) is 14.5 Å². The van der Waals surface area contributed by atoms with Crippen LogP contribution in [0.25, 0.3) is 11.8 Å². The Labute approximate surface area is 214 Å². The molecule has 7 nitrogen and oxygen atoms in total. The number of ether oxygens (including phenoxy) is 2. The number of aryl methyl sites for hydroxylation is 2. The number of aromatic nitrogens is 1. The summed E-state index contributed by atoms with van der Waals surface area (Å²) in [7, 11) is 0. The van der Waals surface area contributed by atoms with Gasteiger partial charge in [-0.25, -0.2) is 4.79 Å². The number of rotatable bonds is 8. The Hall–Kier alpha value is -3.78. The molecule has 0 atom stereocenters. The van der Waals surface area contributed by atoms with Crippen LogP contribution in [0.15, 0.2) is 59.5 Å². The summed E-state index contributed by atoms with van der Waals surface area (Å²) in [4.78, 5) is 39.0. The number of imide groups is 1. The fraction of sp³-hybridized carbons (Fsp3) is 0.250. The van der Waals surface area contributed by atoms with Crippen LogP contribution in [0, 0.1) is 20.8 Å². The van der Waals surface area contributed by atoms with Crippen molar-refractivity contribution in [3.63, 3.8) is 0 Å². The SMILES string of the molecule is CCOC(=O)c1ccc(-n2c(C)cc(/C=C3\SC(=O)N(CCOc4ccc(C)cc4)C3=O)c2C)cc1. The van der Waals surface area contributed by atoms with Crippen molar-refractivity contribution in [3.05, 3.63) is 87.6 Å². The molecule has 0 N–H and O–H groups in total. The quantitative estimate of drug-likeness (QED) is 0.290. The monoisotopic (exact) mass is 504 g/mol. The Balaban J connectivity index is 1.47. The first-order valence-electron chi connectivity index (χ1n) is 11.7. The maximum absolute atomic E-state index is 12.9. The lowest BCUT2D eigenvalue weighted by atomic mass is 10.2. The Morgan fingerprint density at radius 1 is 1.00 bits per heavy atom. The van der Waals surface area contributed by atoms with Gasteiger partial charge in [0.15, 0.2) is 0 Å². The van der Waals surface area contributed by atoms with Gasteiger partial charge < -0.3 is 14.0 Å². The summed E-state index contributed by atoms with van der Waals surface area (Å²) in [6.07, 6.45) is 1.76. The van der Waals surface area contributed by atoms with Gasteiger partial charge in [0, 0.05) is 17.1 Å². The third kappa shape index (κ3) is 5.39. The molecule has 8 heteroatoms. The van der Waals surface area contributed by atoms with Crippen molar-refractivity contribution >= 4 is 35.0 Å². The summed E-state index contributed by atoms with van der Waals surface area (Å²) in [6, 6.07) is 16.8. The van der Waals surface area contributed by atoms with Crippen molar-refractivity contribution in [2.24, 2.45) is 0 Å². The lowest BCUT2D eigenvalue weighted by Crippen LogP contribution is -2.32. The summed E-state index contributed by atoms with van der Waals surface area (Å²) >= 11 is 0.937. The first-order valence-corrected chi connectivity index (χ1v) is 12.5. The highest BCUT2D eigenvalue weighted by atomic mass is 32.2. The predicted octanol–water partition coefficient (Wildman–Crippen LogP) is 5.69. The van der Waals surface area contributed by atoms with Crippen LogP contribution < -0.4 is 4.74 Å². The maximum Gasteiger partial charge on any atom is 0.338 e. The largest absolute Gasteiger partial charge is 0.492 e. The number of carbonyl (C=O) groups excluding carboxylic acids is 3. The second-order valence-corrected chi connectivity index (χ2v) is 9.42. The zero-order chi connectivity index (χ0) is 25.8. The van der Waals surface area contributed by atoms with Gasteiger partial charge in [-0.2, -0.15) is 0 Å². The first-order chi connectivity index (χ1) is 17.3. The molecule has 2 heterocycles. The number of nitrogens with zero attached hydrogens (tertiary/aromatic N) is 2. The van der Waals surface area contributed by atoms with Crippen molar-refractivity contribution in [1.29, 1.82) is 0 Å². The van der Waals surface area contributed by atoms with E-state index in [2.05, 4.69) is 0 Å². The highest BCUT2D eigenvalue weighted by Gasteiger charge is 2.35. The molecule has 36 heavy (non-hydrogen) atoms. The van der Waals surface area contributed by atoms with Crippen molar-refractivity contribution < 1.29 is 23.9 Å². The summed E-state index contributed by atoms with van der Waals surface area (Å²) < 4.78 is 12.8. The van der Waals surface area contributed by atoms with Gasteiger partial charge in [-0.05, 0) is 93.6 Å². The number of esters is 1. The van der Waals surface area contributed by atoms with Gasteiger partial charge >= 0.3 is 5.97 Å². The van der Waals surface area contributed by atoms with Crippen LogP contribution in [0.1, 0.15) is 39.8 Å². The zero-order valence-electron chi connectivity index (χ0n) is 20.7. The average Bonchev–Trinajstić information content (AvgIpc) is 3.29. The topological polar surface area (TPSA) is 77.8 Å². The Morgan fingerprint density at radius 3 is 2.36 bits per heavy atom. The number of amides is 2. The summed E-state index contributed by atoms with van der Waals surface area (Å²) in [6.45, 7) is 8.43. The second kappa shape index (κ2) is 10.9. The summed E-state index contributed by atoms with van der Waals surface area (Å²) in [5.74, 6) is 0.0256. The molecule has 0 spiro atoms. The molecule has 2 aromatic carbocycles. The minimum atomic E-state index is -0.356. The number of hydrogen-bond donors (Lipinski definition) is 0. The normalized spacial score (nSPS) is 14.6. The van der Waals surface area contributed by atoms with E-state index >= 15 is 0 Å². The molecule has 0 saturated carbocycles. The van der Waals surface area contributed by atoms with E-state index in [-0.39, 0.29) is 30.3 Å². The van der Waals surface area contributed by atoms with E-state index in [1.54, 1.807) is 25.1 Å². The molecular formula is C28H28N2O5S. The summed E-state index contributed by atoms with van der Waals surface area (Å²) in [5, 5.41) is -0.304. The smallest absolute Gasteiger partial charge is 0.338 e. The molecule has 1 saturated heterocycles. The molecule has 2 amide bonds. The van der Waals surface area contributed by atoms with E-state index < -0.39 is 0 Å². The van der Waals surface area contributed by atoms with E-state index in [4.69, 9.17) is 9.47 Å². The number of benzene rings is 2. The molecule has 3 aromatic rings. The Kier molecular flexibility index (Phi) is 7.64. The van der Waals surface area contributed by atoms with Crippen molar-refractivity contribution in [3.8, 4) is 11.4 Å². The average molecular weight is 505 g/mol. The van der Waals surface area contributed by atoms with Crippen molar-refractivity contribution in [1.82, 2.24) is 9.47 Å². The Morgan fingerprint density at radius 2 is 1.69 bits per heavy atom. The molecule has 0 aliphatic carbocycles. The molecule has 0 radical (unpaired) electrons. The fourth-order valence-corrected chi connectivity index (χ4v) is 4.87. The number of carbonyl (C=O) groups is 3. The molecule has 1 aromatic heterocycles. The van der Waals surface area contributed by atoms with E-state index in [0.29, 0.717) is 22.8 Å². The fourth-order valence-electron chi connectivity index (χ4n) is 4.02. The van der Waals surface area contributed by atoms with Crippen LogP contribution in [0.5, 0.6) is 5.75 Å². The Bertz CT molecular complexity index is 1320. The van der Waals surface area contributed by atoms with E-state index in [1.807, 2.05) is 67.8 Å². The minimum Gasteiger partial charge on any atom is -0.492 e. The lowest BCUT2D eigenvalue weighted by Gasteiger charge is -2.13. The molecule has 0 unspecified atom stereocenters. The van der Waals surface area contributed by atoms with Gasteiger partial charge in [0.05, 0.1) is 23.6 Å².